The molecule has 0 saturated carbocycles. The van der Waals surface area contributed by atoms with E-state index in [2.05, 4.69) is 0 Å². The Morgan fingerprint density at radius 3 is 1.96 bits per heavy atom. The number of hydrogen-bond donors (Lipinski definition) is 0. The van der Waals surface area contributed by atoms with Crippen LogP contribution in [0.2, 0.25) is 0 Å². The maximum Gasteiger partial charge on any atom is 0.317 e. The van der Waals surface area contributed by atoms with Gasteiger partial charge in [0.05, 0.1) is 7.11 Å². The fourth-order valence-corrected chi connectivity index (χ4v) is 2.91. The van der Waals surface area contributed by atoms with Crippen molar-refractivity contribution in [3.8, 4) is 0 Å². The quantitative estimate of drug-likeness (QED) is 0.519. The largest absolute Gasteiger partial charge is 0.468 e. The first-order chi connectivity index (χ1) is 12.2. The predicted molar refractivity (Wildman–Crippen MR) is 96.6 cm³/mol. The van der Waals surface area contributed by atoms with Gasteiger partial charge in [-0.15, -0.1) is 0 Å². The first-order valence-electron chi connectivity index (χ1n) is 8.04. The lowest BCUT2D eigenvalue weighted by molar-refractivity contribution is -0.141. The van der Waals surface area contributed by atoms with Crippen LogP contribution in [0.5, 0.6) is 0 Å². The minimum Gasteiger partial charge on any atom is -0.468 e. The van der Waals surface area contributed by atoms with Crippen LogP contribution in [-0.2, 0) is 9.53 Å². The number of methoxy groups -OCH3 is 1. The van der Waals surface area contributed by atoms with Crippen molar-refractivity contribution in [2.24, 2.45) is 0 Å². The Balaban J connectivity index is 2.12. The van der Waals surface area contributed by atoms with Gasteiger partial charge < -0.3 is 4.74 Å². The smallest absolute Gasteiger partial charge is 0.317 e. The number of carbonyl (C=O) groups excluding carboxylic acids is 2. The van der Waals surface area contributed by atoms with Crippen molar-refractivity contribution < 1.29 is 14.3 Å². The lowest BCUT2D eigenvalue weighted by Gasteiger charge is -2.18. The monoisotopic (exact) mass is 330 g/mol. The molecule has 0 N–H and O–H groups in total. The summed E-state index contributed by atoms with van der Waals surface area (Å²) in [6.07, 6.45) is 0. The number of hydrogen-bond acceptors (Lipinski definition) is 3. The lowest BCUT2D eigenvalue weighted by atomic mass is 9.86. The molecule has 3 heteroatoms. The molecule has 1 unspecified atom stereocenters. The molecule has 0 bridgehead atoms. The third kappa shape index (κ3) is 3.50. The lowest BCUT2D eigenvalue weighted by Crippen LogP contribution is -2.19. The normalized spacial score (nSPS) is 11.6. The molecule has 0 aliphatic carbocycles. The van der Waals surface area contributed by atoms with Crippen molar-refractivity contribution in [2.45, 2.75) is 5.92 Å². The molecular formula is C22H18O3. The molecule has 0 aliphatic rings. The van der Waals surface area contributed by atoms with Crippen LogP contribution in [0, 0.1) is 0 Å². The Labute approximate surface area is 146 Å². The molecular weight excluding hydrogens is 312 g/mol. The molecule has 0 aliphatic heterocycles. The van der Waals surface area contributed by atoms with E-state index in [4.69, 9.17) is 4.74 Å². The van der Waals surface area contributed by atoms with Crippen LogP contribution in [-0.4, -0.2) is 18.9 Å². The summed E-state index contributed by atoms with van der Waals surface area (Å²) in [5.74, 6) is -1.14. The molecule has 124 valence electrons. The SMILES string of the molecule is COC(=O)C(c1ccccc1)c1ccccc1C(=O)c1ccccc1. The van der Waals surface area contributed by atoms with Gasteiger partial charge in [-0.1, -0.05) is 84.9 Å². The average Bonchev–Trinajstić information content (AvgIpc) is 2.69. The number of ether oxygens (including phenoxy) is 1. The summed E-state index contributed by atoms with van der Waals surface area (Å²) in [5, 5.41) is 0. The molecule has 3 rings (SSSR count). The molecule has 3 aromatic carbocycles. The van der Waals surface area contributed by atoms with Gasteiger partial charge in [-0.25, -0.2) is 0 Å². The van der Waals surface area contributed by atoms with Crippen molar-refractivity contribution in [1.82, 2.24) is 0 Å². The van der Waals surface area contributed by atoms with E-state index in [1.165, 1.54) is 7.11 Å². The van der Waals surface area contributed by atoms with Gasteiger partial charge in [-0.2, -0.15) is 0 Å². The maximum absolute atomic E-state index is 13.0. The number of rotatable bonds is 5. The number of carbonyl (C=O) groups is 2. The second-order valence-corrected chi connectivity index (χ2v) is 5.65. The summed E-state index contributed by atoms with van der Waals surface area (Å²) in [7, 11) is 1.36. The number of ketones is 1. The highest BCUT2D eigenvalue weighted by Gasteiger charge is 2.27. The molecule has 0 aromatic heterocycles. The van der Waals surface area contributed by atoms with E-state index in [-0.39, 0.29) is 11.8 Å². The molecule has 0 radical (unpaired) electrons. The maximum atomic E-state index is 13.0. The minimum atomic E-state index is -0.643. The highest BCUT2D eigenvalue weighted by Crippen LogP contribution is 2.30. The molecule has 3 aromatic rings. The predicted octanol–water partition coefficient (Wildman–Crippen LogP) is 4.22. The topological polar surface area (TPSA) is 43.4 Å². The second kappa shape index (κ2) is 7.58. The van der Waals surface area contributed by atoms with Gasteiger partial charge >= 0.3 is 5.97 Å². The van der Waals surface area contributed by atoms with Gasteiger partial charge in [0.15, 0.2) is 5.78 Å². The van der Waals surface area contributed by atoms with E-state index in [0.717, 1.165) is 5.56 Å². The van der Waals surface area contributed by atoms with Crippen LogP contribution < -0.4 is 0 Å². The molecule has 0 saturated heterocycles. The van der Waals surface area contributed by atoms with Crippen LogP contribution in [0.25, 0.3) is 0 Å². The van der Waals surface area contributed by atoms with E-state index >= 15 is 0 Å². The van der Waals surface area contributed by atoms with Crippen LogP contribution >= 0.6 is 0 Å². The van der Waals surface area contributed by atoms with Crippen molar-refractivity contribution >= 4 is 11.8 Å². The number of esters is 1. The van der Waals surface area contributed by atoms with Gasteiger partial charge in [0.1, 0.15) is 5.92 Å². The van der Waals surface area contributed by atoms with E-state index in [0.29, 0.717) is 16.7 Å². The van der Waals surface area contributed by atoms with E-state index in [9.17, 15) is 9.59 Å². The third-order valence-electron chi connectivity index (χ3n) is 4.12. The summed E-state index contributed by atoms with van der Waals surface area (Å²) in [6.45, 7) is 0. The van der Waals surface area contributed by atoms with Gasteiger partial charge in [-0.3, -0.25) is 9.59 Å². The zero-order valence-electron chi connectivity index (χ0n) is 13.9. The van der Waals surface area contributed by atoms with Gasteiger partial charge in [0.25, 0.3) is 0 Å². The van der Waals surface area contributed by atoms with Crippen LogP contribution in [0.3, 0.4) is 0 Å². The van der Waals surface area contributed by atoms with Gasteiger partial charge in [-0.05, 0) is 11.1 Å². The van der Waals surface area contributed by atoms with Crippen molar-refractivity contribution in [2.75, 3.05) is 7.11 Å². The van der Waals surface area contributed by atoms with Crippen LogP contribution in [0.1, 0.15) is 33.0 Å². The number of benzene rings is 3. The highest BCUT2D eigenvalue weighted by molar-refractivity contribution is 6.10. The van der Waals surface area contributed by atoms with Crippen molar-refractivity contribution in [1.29, 1.82) is 0 Å². The molecule has 0 amide bonds. The Bertz CT molecular complexity index is 870. The molecule has 0 spiro atoms. The van der Waals surface area contributed by atoms with Crippen molar-refractivity contribution in [3.63, 3.8) is 0 Å². The summed E-state index contributed by atoms with van der Waals surface area (Å²) in [6, 6.07) is 25.6. The fraction of sp³-hybridized carbons (Fsp3) is 0.0909. The fourth-order valence-electron chi connectivity index (χ4n) is 2.91. The summed E-state index contributed by atoms with van der Waals surface area (Å²) >= 11 is 0. The Morgan fingerprint density at radius 1 is 0.760 bits per heavy atom. The zero-order valence-corrected chi connectivity index (χ0v) is 13.9. The van der Waals surface area contributed by atoms with Crippen molar-refractivity contribution in [3.05, 3.63) is 107 Å². The molecule has 3 nitrogen and oxygen atoms in total. The summed E-state index contributed by atoms with van der Waals surface area (Å²) < 4.78 is 5.01. The first kappa shape index (κ1) is 16.7. The third-order valence-corrected chi connectivity index (χ3v) is 4.12. The van der Waals surface area contributed by atoms with Crippen LogP contribution in [0.4, 0.5) is 0 Å². The average molecular weight is 330 g/mol. The molecule has 25 heavy (non-hydrogen) atoms. The minimum absolute atomic E-state index is 0.110. The molecule has 0 heterocycles. The highest BCUT2D eigenvalue weighted by atomic mass is 16.5. The van der Waals surface area contributed by atoms with Crippen LogP contribution in [0.15, 0.2) is 84.9 Å². The Hall–Kier alpha value is -3.20. The van der Waals surface area contributed by atoms with E-state index < -0.39 is 5.92 Å². The second-order valence-electron chi connectivity index (χ2n) is 5.65. The molecule has 0 fully saturated rings. The summed E-state index contributed by atoms with van der Waals surface area (Å²) in [5.41, 5.74) is 2.54. The Morgan fingerprint density at radius 2 is 1.32 bits per heavy atom. The Kier molecular flexibility index (Phi) is 5.05. The van der Waals surface area contributed by atoms with Gasteiger partial charge in [0.2, 0.25) is 0 Å². The molecule has 1 atom stereocenters. The van der Waals surface area contributed by atoms with E-state index in [1.54, 1.807) is 24.3 Å². The van der Waals surface area contributed by atoms with Gasteiger partial charge in [0, 0.05) is 11.1 Å². The zero-order chi connectivity index (χ0) is 17.6. The van der Waals surface area contributed by atoms with E-state index in [1.807, 2.05) is 60.7 Å². The standard InChI is InChI=1S/C22H18O3/c1-25-22(24)20(16-10-4-2-5-11-16)18-14-8-9-15-19(18)21(23)17-12-6-3-7-13-17/h2-15,20H,1H3. The summed E-state index contributed by atoms with van der Waals surface area (Å²) in [4.78, 5) is 25.5. The first-order valence-corrected chi connectivity index (χ1v) is 8.04.